The summed E-state index contributed by atoms with van der Waals surface area (Å²) in [6.45, 7) is 0. The molecule has 0 unspecified atom stereocenters. The quantitative estimate of drug-likeness (QED) is 0.403. The summed E-state index contributed by atoms with van der Waals surface area (Å²) < 4.78 is 29.5. The van der Waals surface area contributed by atoms with E-state index >= 15 is 0 Å². The first kappa shape index (κ1) is 17.3. The molecule has 0 aromatic heterocycles. The number of benzene rings is 2. The lowest BCUT2D eigenvalue weighted by atomic mass is 10.1. The van der Waals surface area contributed by atoms with Crippen molar-refractivity contribution in [1.82, 2.24) is 0 Å². The fourth-order valence-electron chi connectivity index (χ4n) is 1.43. The monoisotopic (exact) mass is 325 g/mol. The van der Waals surface area contributed by atoms with Gasteiger partial charge in [0.2, 0.25) is 0 Å². The SMILES string of the molecule is Nc1ccc(N)c(C(=O)O)c1.Nc1cccc(S(=O)(=O)O)c1. The number of anilines is 3. The van der Waals surface area contributed by atoms with Gasteiger partial charge in [-0.15, -0.1) is 0 Å². The van der Waals surface area contributed by atoms with E-state index in [-0.39, 0.29) is 16.1 Å². The van der Waals surface area contributed by atoms with Crippen molar-refractivity contribution >= 4 is 33.1 Å². The number of carboxylic acid groups (broad SMARTS) is 1. The molecule has 0 saturated carbocycles. The molecule has 2 aromatic carbocycles. The average molecular weight is 325 g/mol. The van der Waals surface area contributed by atoms with Crippen LogP contribution in [0.2, 0.25) is 0 Å². The number of hydrogen-bond donors (Lipinski definition) is 5. The normalized spacial score (nSPS) is 10.4. The molecule has 8 N–H and O–H groups in total. The highest BCUT2D eigenvalue weighted by atomic mass is 32.2. The Morgan fingerprint density at radius 1 is 0.955 bits per heavy atom. The van der Waals surface area contributed by atoms with Gasteiger partial charge in [-0.3, -0.25) is 4.55 Å². The van der Waals surface area contributed by atoms with Gasteiger partial charge in [-0.1, -0.05) is 6.07 Å². The molecular weight excluding hydrogens is 310 g/mol. The van der Waals surface area contributed by atoms with Crippen LogP contribution in [-0.2, 0) is 10.1 Å². The maximum Gasteiger partial charge on any atom is 0.337 e. The molecule has 0 radical (unpaired) electrons. The van der Waals surface area contributed by atoms with Crippen molar-refractivity contribution < 1.29 is 22.9 Å². The number of hydrogen-bond acceptors (Lipinski definition) is 6. The van der Waals surface area contributed by atoms with Crippen molar-refractivity contribution in [3.05, 3.63) is 48.0 Å². The van der Waals surface area contributed by atoms with Crippen LogP contribution in [0.25, 0.3) is 0 Å². The van der Waals surface area contributed by atoms with Crippen LogP contribution < -0.4 is 17.2 Å². The van der Waals surface area contributed by atoms with E-state index < -0.39 is 16.1 Å². The first-order chi connectivity index (χ1) is 10.1. The van der Waals surface area contributed by atoms with Crippen LogP contribution in [0, 0.1) is 0 Å². The second-order valence-corrected chi connectivity index (χ2v) is 5.62. The van der Waals surface area contributed by atoms with Crippen LogP contribution in [0.4, 0.5) is 17.1 Å². The number of carbonyl (C=O) groups is 1. The fourth-order valence-corrected chi connectivity index (χ4v) is 1.97. The van der Waals surface area contributed by atoms with Crippen LogP contribution in [0.3, 0.4) is 0 Å². The number of nitrogen functional groups attached to an aromatic ring is 3. The largest absolute Gasteiger partial charge is 0.478 e. The minimum Gasteiger partial charge on any atom is -0.478 e. The van der Waals surface area contributed by atoms with E-state index in [0.29, 0.717) is 11.4 Å². The van der Waals surface area contributed by atoms with E-state index in [1.54, 1.807) is 6.07 Å². The van der Waals surface area contributed by atoms with Crippen LogP contribution in [0.5, 0.6) is 0 Å². The van der Waals surface area contributed by atoms with Crippen LogP contribution in [0.1, 0.15) is 10.4 Å². The third kappa shape index (κ3) is 4.96. The van der Waals surface area contributed by atoms with Gasteiger partial charge in [0.1, 0.15) is 0 Å². The molecule has 0 aliphatic rings. The highest BCUT2D eigenvalue weighted by molar-refractivity contribution is 7.85. The summed E-state index contributed by atoms with van der Waals surface area (Å²) in [7, 11) is -4.11. The van der Waals surface area contributed by atoms with E-state index in [1.165, 1.54) is 36.4 Å². The van der Waals surface area contributed by atoms with Crippen molar-refractivity contribution in [1.29, 1.82) is 0 Å². The van der Waals surface area contributed by atoms with Crippen molar-refractivity contribution in [2.24, 2.45) is 0 Å². The zero-order valence-electron chi connectivity index (χ0n) is 11.3. The highest BCUT2D eigenvalue weighted by Crippen LogP contribution is 2.14. The molecule has 0 bridgehead atoms. The van der Waals surface area contributed by atoms with Crippen molar-refractivity contribution in [2.45, 2.75) is 4.90 Å². The van der Waals surface area contributed by atoms with Crippen LogP contribution in [-0.4, -0.2) is 24.0 Å². The molecular formula is C13H15N3O5S. The molecule has 0 amide bonds. The van der Waals surface area contributed by atoms with Gasteiger partial charge in [-0.05, 0) is 36.4 Å². The summed E-state index contributed by atoms with van der Waals surface area (Å²) in [6, 6.07) is 9.81. The molecule has 118 valence electrons. The Kier molecular flexibility index (Phi) is 5.33. The van der Waals surface area contributed by atoms with Gasteiger partial charge in [0.15, 0.2) is 0 Å². The van der Waals surface area contributed by atoms with Crippen LogP contribution >= 0.6 is 0 Å². The second kappa shape index (κ2) is 6.78. The van der Waals surface area contributed by atoms with Crippen molar-refractivity contribution in [3.8, 4) is 0 Å². The smallest absolute Gasteiger partial charge is 0.337 e. The van der Waals surface area contributed by atoms with E-state index in [4.69, 9.17) is 26.9 Å². The first-order valence-electron chi connectivity index (χ1n) is 5.82. The van der Waals surface area contributed by atoms with E-state index in [2.05, 4.69) is 0 Å². The molecule has 0 aliphatic heterocycles. The third-order valence-corrected chi connectivity index (χ3v) is 3.31. The number of rotatable bonds is 2. The lowest BCUT2D eigenvalue weighted by Crippen LogP contribution is -2.02. The zero-order valence-corrected chi connectivity index (χ0v) is 12.1. The molecule has 0 fully saturated rings. The highest BCUT2D eigenvalue weighted by Gasteiger charge is 2.08. The van der Waals surface area contributed by atoms with Crippen molar-refractivity contribution in [3.63, 3.8) is 0 Å². The lowest BCUT2D eigenvalue weighted by Gasteiger charge is -2.00. The van der Waals surface area contributed by atoms with Gasteiger partial charge in [0.05, 0.1) is 10.5 Å². The van der Waals surface area contributed by atoms with Crippen LogP contribution in [0.15, 0.2) is 47.4 Å². The van der Waals surface area contributed by atoms with Gasteiger partial charge in [-0.2, -0.15) is 8.42 Å². The minimum atomic E-state index is -4.11. The summed E-state index contributed by atoms with van der Waals surface area (Å²) in [6.07, 6.45) is 0. The Hall–Kier alpha value is -2.78. The Morgan fingerprint density at radius 2 is 1.55 bits per heavy atom. The molecule has 9 heteroatoms. The first-order valence-corrected chi connectivity index (χ1v) is 7.26. The molecule has 2 rings (SSSR count). The standard InChI is InChI=1S/C7H8N2O2.C6H7NO3S/c8-4-1-2-6(9)5(3-4)7(10)11;7-5-2-1-3-6(4-5)11(8,9)10/h1-3H,8-9H2,(H,10,11);1-4H,7H2,(H,8,9,10). The molecule has 22 heavy (non-hydrogen) atoms. The van der Waals surface area contributed by atoms with Gasteiger partial charge in [-0.25, -0.2) is 4.79 Å². The zero-order chi connectivity index (χ0) is 16.9. The summed E-state index contributed by atoms with van der Waals surface area (Å²) in [4.78, 5) is 10.3. The summed E-state index contributed by atoms with van der Waals surface area (Å²) >= 11 is 0. The van der Waals surface area contributed by atoms with Gasteiger partial charge < -0.3 is 22.3 Å². The second-order valence-electron chi connectivity index (χ2n) is 4.20. The molecule has 0 heterocycles. The summed E-state index contributed by atoms with van der Waals surface area (Å²) in [5.41, 5.74) is 17.0. The molecule has 2 aromatic rings. The predicted octanol–water partition coefficient (Wildman–Crippen LogP) is 1.06. The number of nitrogens with two attached hydrogens (primary N) is 3. The van der Waals surface area contributed by atoms with Crippen molar-refractivity contribution in [2.75, 3.05) is 17.2 Å². The predicted molar refractivity (Wildman–Crippen MR) is 82.9 cm³/mol. The summed E-state index contributed by atoms with van der Waals surface area (Å²) in [5.74, 6) is -1.06. The lowest BCUT2D eigenvalue weighted by molar-refractivity contribution is 0.0698. The molecule has 0 saturated heterocycles. The summed E-state index contributed by atoms with van der Waals surface area (Å²) in [5, 5.41) is 8.55. The van der Waals surface area contributed by atoms with Gasteiger partial charge in [0, 0.05) is 17.1 Å². The Labute approximate surface area is 126 Å². The Balaban J connectivity index is 0.000000220. The Morgan fingerprint density at radius 3 is 1.95 bits per heavy atom. The third-order valence-electron chi connectivity index (χ3n) is 2.46. The maximum atomic E-state index is 10.5. The average Bonchev–Trinajstić information content (AvgIpc) is 2.41. The topological polar surface area (TPSA) is 170 Å². The van der Waals surface area contributed by atoms with Gasteiger partial charge in [0.25, 0.3) is 10.1 Å². The molecule has 0 aliphatic carbocycles. The van der Waals surface area contributed by atoms with E-state index in [0.717, 1.165) is 0 Å². The van der Waals surface area contributed by atoms with E-state index in [9.17, 15) is 13.2 Å². The molecule has 8 nitrogen and oxygen atoms in total. The number of carboxylic acids is 1. The molecule has 0 atom stereocenters. The number of aromatic carboxylic acids is 1. The van der Waals surface area contributed by atoms with E-state index in [1.807, 2.05) is 0 Å². The minimum absolute atomic E-state index is 0.0463. The fraction of sp³-hybridized carbons (Fsp3) is 0. The Bertz CT molecular complexity index is 790. The van der Waals surface area contributed by atoms with Gasteiger partial charge >= 0.3 is 5.97 Å². The maximum absolute atomic E-state index is 10.5. The molecule has 0 spiro atoms.